The lowest BCUT2D eigenvalue weighted by molar-refractivity contribution is -0.122. The molecule has 1 aliphatic heterocycles. The minimum absolute atomic E-state index is 0.00162. The zero-order chi connectivity index (χ0) is 23.8. The number of ether oxygens (including phenoxy) is 1. The van der Waals surface area contributed by atoms with E-state index in [2.05, 4.69) is 25.6 Å². The molecule has 12 heteroatoms. The molecule has 5 N–H and O–H groups in total. The number of halogens is 2. The number of aliphatic hydroxyl groups excluding tert-OH is 1. The predicted octanol–water partition coefficient (Wildman–Crippen LogP) is 2.75. The third kappa shape index (κ3) is 4.38. The first kappa shape index (κ1) is 22.8. The van der Waals surface area contributed by atoms with Gasteiger partial charge < -0.3 is 26.2 Å². The topological polar surface area (TPSA) is 140 Å². The highest BCUT2D eigenvalue weighted by Crippen LogP contribution is 2.37. The van der Waals surface area contributed by atoms with Crippen LogP contribution in [0.2, 0.25) is 5.02 Å². The van der Waals surface area contributed by atoms with E-state index in [0.29, 0.717) is 55.4 Å². The molecular formula is C22H25ClFN7O3. The minimum Gasteiger partial charge on any atom is -0.388 e. The van der Waals surface area contributed by atoms with E-state index in [9.17, 15) is 14.3 Å². The van der Waals surface area contributed by atoms with Crippen molar-refractivity contribution in [3.05, 3.63) is 35.2 Å². The molecule has 3 heterocycles. The number of aliphatic hydroxyl groups is 1. The smallest absolute Gasteiger partial charge is 0.225 e. The monoisotopic (exact) mass is 489 g/mol. The second-order valence-corrected chi connectivity index (χ2v) is 9.10. The quantitative estimate of drug-likeness (QED) is 0.414. The van der Waals surface area contributed by atoms with Crippen LogP contribution < -0.4 is 16.4 Å². The number of rotatable bonds is 6. The van der Waals surface area contributed by atoms with Crippen LogP contribution in [-0.2, 0) is 9.53 Å². The first-order valence-corrected chi connectivity index (χ1v) is 11.6. The molecule has 1 amide bonds. The number of carbonyl (C=O) groups excluding carboxylic acids is 1. The van der Waals surface area contributed by atoms with E-state index in [1.807, 2.05) is 4.57 Å². The van der Waals surface area contributed by atoms with Crippen molar-refractivity contribution >= 4 is 46.3 Å². The maximum Gasteiger partial charge on any atom is 0.225 e. The van der Waals surface area contributed by atoms with E-state index >= 15 is 0 Å². The lowest BCUT2D eigenvalue weighted by atomic mass is 9.85. The maximum atomic E-state index is 14.6. The predicted molar refractivity (Wildman–Crippen MR) is 124 cm³/mol. The van der Waals surface area contributed by atoms with Gasteiger partial charge in [0.15, 0.2) is 11.5 Å². The van der Waals surface area contributed by atoms with Crippen LogP contribution in [0, 0.1) is 11.7 Å². The molecule has 1 saturated carbocycles. The number of fused-ring (bicyclic) bond motifs is 1. The normalized spacial score (nSPS) is 24.9. The Morgan fingerprint density at radius 1 is 1.24 bits per heavy atom. The van der Waals surface area contributed by atoms with E-state index in [1.54, 1.807) is 18.3 Å². The highest BCUT2D eigenvalue weighted by Gasteiger charge is 2.30. The van der Waals surface area contributed by atoms with Gasteiger partial charge in [-0.3, -0.25) is 9.36 Å². The number of hydrogen-bond acceptors (Lipinski definition) is 8. The van der Waals surface area contributed by atoms with Crippen LogP contribution in [0.3, 0.4) is 0 Å². The lowest BCUT2D eigenvalue weighted by Gasteiger charge is -2.29. The van der Waals surface area contributed by atoms with Gasteiger partial charge in [0.25, 0.3) is 0 Å². The third-order valence-corrected chi connectivity index (χ3v) is 6.75. The Labute approximate surface area is 199 Å². The molecular weight excluding hydrogens is 465 g/mol. The van der Waals surface area contributed by atoms with Crippen LogP contribution in [0.1, 0.15) is 31.7 Å². The third-order valence-electron chi connectivity index (χ3n) is 6.46. The number of anilines is 3. The summed E-state index contributed by atoms with van der Waals surface area (Å²) in [4.78, 5) is 25.3. The minimum atomic E-state index is -0.656. The Morgan fingerprint density at radius 3 is 2.74 bits per heavy atom. The Kier molecular flexibility index (Phi) is 6.24. The van der Waals surface area contributed by atoms with Gasteiger partial charge in [-0.25, -0.2) is 14.4 Å². The Bertz CT molecular complexity index is 1210. The molecule has 2 atom stereocenters. The Hall–Kier alpha value is -3.02. The van der Waals surface area contributed by atoms with Crippen molar-refractivity contribution < 1.29 is 19.0 Å². The molecule has 1 aliphatic carbocycles. The van der Waals surface area contributed by atoms with Crippen molar-refractivity contribution in [2.75, 3.05) is 23.8 Å². The highest BCUT2D eigenvalue weighted by molar-refractivity contribution is 6.31. The number of nitrogens with two attached hydrogens (primary N) is 1. The van der Waals surface area contributed by atoms with Crippen LogP contribution >= 0.6 is 11.6 Å². The van der Waals surface area contributed by atoms with Crippen molar-refractivity contribution in [2.24, 2.45) is 11.7 Å². The number of primary amides is 1. The van der Waals surface area contributed by atoms with Crippen LogP contribution in [0.15, 0.2) is 24.4 Å². The molecule has 0 spiro atoms. The summed E-state index contributed by atoms with van der Waals surface area (Å²) in [5, 5.41) is 16.2. The molecule has 2 aliphatic rings. The summed E-state index contributed by atoms with van der Waals surface area (Å²) >= 11 is 5.96. The van der Waals surface area contributed by atoms with E-state index in [1.165, 1.54) is 6.07 Å². The van der Waals surface area contributed by atoms with Crippen LogP contribution in [-0.4, -0.2) is 55.9 Å². The summed E-state index contributed by atoms with van der Waals surface area (Å²) < 4.78 is 21.8. The van der Waals surface area contributed by atoms with Gasteiger partial charge in [0, 0.05) is 12.0 Å². The second-order valence-electron chi connectivity index (χ2n) is 8.70. The molecule has 34 heavy (non-hydrogen) atoms. The molecule has 0 radical (unpaired) electrons. The highest BCUT2D eigenvalue weighted by atomic mass is 35.5. The summed E-state index contributed by atoms with van der Waals surface area (Å²) in [6.07, 6.45) is 3.59. The first-order chi connectivity index (χ1) is 16.4. The molecule has 0 bridgehead atoms. The Morgan fingerprint density at radius 2 is 2.03 bits per heavy atom. The Balaban J connectivity index is 1.52. The number of nitrogens with zero attached hydrogens (tertiary/aromatic N) is 4. The average Bonchev–Trinajstić information content (AvgIpc) is 3.39. The fraction of sp³-hybridized carbons (Fsp3) is 0.455. The summed E-state index contributed by atoms with van der Waals surface area (Å²) in [6, 6.07) is 4.34. The average molecular weight is 490 g/mol. The summed E-state index contributed by atoms with van der Waals surface area (Å²) in [7, 11) is 0. The summed E-state index contributed by atoms with van der Waals surface area (Å²) in [6.45, 7) is 0.597. The molecule has 3 aromatic rings. The van der Waals surface area contributed by atoms with Gasteiger partial charge in [0.2, 0.25) is 17.8 Å². The van der Waals surface area contributed by atoms with Gasteiger partial charge in [-0.2, -0.15) is 4.98 Å². The fourth-order valence-corrected chi connectivity index (χ4v) is 4.76. The van der Waals surface area contributed by atoms with E-state index in [4.69, 9.17) is 22.1 Å². The zero-order valence-corrected chi connectivity index (χ0v) is 19.0. The number of imidazole rings is 1. The van der Waals surface area contributed by atoms with Crippen LogP contribution in [0.5, 0.6) is 0 Å². The van der Waals surface area contributed by atoms with Gasteiger partial charge in [-0.1, -0.05) is 17.7 Å². The summed E-state index contributed by atoms with van der Waals surface area (Å²) in [5.41, 5.74) is 6.77. The largest absolute Gasteiger partial charge is 0.388 e. The van der Waals surface area contributed by atoms with Crippen molar-refractivity contribution in [1.82, 2.24) is 19.5 Å². The molecule has 2 aromatic heterocycles. The number of carbonyl (C=O) groups is 1. The molecule has 5 rings (SSSR count). The number of aromatic nitrogens is 4. The van der Waals surface area contributed by atoms with E-state index in [-0.39, 0.29) is 41.2 Å². The number of amides is 1. The standard InChI is InChI=1S/C22H25ClFN7O3/c23-13-2-1-3-14(18(13)24)28-22-29-15-8-26-21(27-16-9-34-10-17(16)32)30-20(15)31(22)12-6-4-11(5-7-12)19(25)33/h1-3,8,11-12,16-17,32H,4-7,9-10H2,(H2,25,33)(H,28,29)(H,26,27,30). The van der Waals surface area contributed by atoms with Crippen molar-refractivity contribution in [1.29, 1.82) is 0 Å². The van der Waals surface area contributed by atoms with Crippen LogP contribution in [0.25, 0.3) is 11.2 Å². The summed E-state index contributed by atoms with van der Waals surface area (Å²) in [5.74, 6) is -0.310. The van der Waals surface area contributed by atoms with Crippen LogP contribution in [0.4, 0.5) is 22.0 Å². The number of benzene rings is 1. The molecule has 1 aromatic carbocycles. The van der Waals surface area contributed by atoms with E-state index in [0.717, 1.165) is 0 Å². The van der Waals surface area contributed by atoms with Crippen molar-refractivity contribution in [3.63, 3.8) is 0 Å². The van der Waals surface area contributed by atoms with Gasteiger partial charge >= 0.3 is 0 Å². The van der Waals surface area contributed by atoms with E-state index < -0.39 is 11.9 Å². The molecule has 180 valence electrons. The molecule has 2 fully saturated rings. The van der Waals surface area contributed by atoms with Gasteiger partial charge in [0.1, 0.15) is 5.52 Å². The molecule has 10 nitrogen and oxygen atoms in total. The van der Waals surface area contributed by atoms with Gasteiger partial charge in [-0.15, -0.1) is 0 Å². The molecule has 2 unspecified atom stereocenters. The fourth-order valence-electron chi connectivity index (χ4n) is 4.58. The number of nitrogens with one attached hydrogen (secondary N) is 2. The zero-order valence-electron chi connectivity index (χ0n) is 18.2. The van der Waals surface area contributed by atoms with Gasteiger partial charge in [-0.05, 0) is 37.8 Å². The number of hydrogen-bond donors (Lipinski definition) is 4. The van der Waals surface area contributed by atoms with Crippen molar-refractivity contribution in [3.8, 4) is 0 Å². The van der Waals surface area contributed by atoms with Crippen molar-refractivity contribution in [2.45, 2.75) is 43.9 Å². The first-order valence-electron chi connectivity index (χ1n) is 11.2. The lowest BCUT2D eigenvalue weighted by Crippen LogP contribution is -2.32. The SMILES string of the molecule is NC(=O)C1CCC(n2c(Nc3cccc(Cl)c3F)nc3cnc(NC4COCC4O)nc32)CC1. The molecule has 1 saturated heterocycles. The second kappa shape index (κ2) is 9.32. The van der Waals surface area contributed by atoms with Gasteiger partial charge in [0.05, 0.1) is 42.3 Å². The maximum absolute atomic E-state index is 14.6.